The van der Waals surface area contributed by atoms with E-state index in [1.807, 2.05) is 12.1 Å². The van der Waals surface area contributed by atoms with E-state index in [1.165, 1.54) is 20.3 Å². The first kappa shape index (κ1) is 11.4. The van der Waals surface area contributed by atoms with Crippen LogP contribution in [0.25, 0.3) is 9.15 Å². The van der Waals surface area contributed by atoms with Crippen LogP contribution in [-0.2, 0) is 0 Å². The van der Waals surface area contributed by atoms with Gasteiger partial charge < -0.3 is 0 Å². The van der Waals surface area contributed by atoms with Crippen LogP contribution in [0.15, 0.2) is 60.7 Å². The highest BCUT2D eigenvalue weighted by molar-refractivity contribution is 14.1. The highest BCUT2D eigenvalue weighted by Gasteiger charge is 2.03. The van der Waals surface area contributed by atoms with Gasteiger partial charge in [-0.3, -0.25) is 0 Å². The van der Waals surface area contributed by atoms with Crippen LogP contribution in [0.5, 0.6) is 0 Å². The van der Waals surface area contributed by atoms with Crippen molar-refractivity contribution in [2.75, 3.05) is 0 Å². The van der Waals surface area contributed by atoms with E-state index in [9.17, 15) is 0 Å². The van der Waals surface area contributed by atoms with E-state index < -0.39 is 0 Å². The van der Waals surface area contributed by atoms with Crippen LogP contribution in [0.1, 0.15) is 18.1 Å². The Kier molecular flexibility index (Phi) is 3.78. The van der Waals surface area contributed by atoms with Gasteiger partial charge in [0.25, 0.3) is 0 Å². The van der Waals surface area contributed by atoms with Crippen molar-refractivity contribution in [1.29, 1.82) is 0 Å². The van der Waals surface area contributed by atoms with Crippen molar-refractivity contribution < 1.29 is 0 Å². The van der Waals surface area contributed by atoms with Crippen molar-refractivity contribution in [2.45, 2.75) is 6.92 Å². The average molecular weight is 320 g/mol. The fourth-order valence-electron chi connectivity index (χ4n) is 1.62. The molecule has 0 unspecified atom stereocenters. The second-order valence-corrected chi connectivity index (χ2v) is 4.75. The van der Waals surface area contributed by atoms with Crippen molar-refractivity contribution >= 4 is 31.7 Å². The molecule has 0 amide bonds. The molecule has 0 saturated carbocycles. The van der Waals surface area contributed by atoms with Gasteiger partial charge in [0, 0.05) is 3.58 Å². The van der Waals surface area contributed by atoms with Gasteiger partial charge in [-0.15, -0.1) is 0 Å². The largest absolute Gasteiger partial charge is 0.0622 e. The Balaban J connectivity index is 2.43. The zero-order valence-corrected chi connectivity index (χ0v) is 11.3. The third-order valence-electron chi connectivity index (χ3n) is 2.56. The predicted octanol–water partition coefficient (Wildman–Crippen LogP) is 5.01. The van der Waals surface area contributed by atoms with Crippen molar-refractivity contribution in [2.24, 2.45) is 0 Å². The Morgan fingerprint density at radius 3 is 1.69 bits per heavy atom. The van der Waals surface area contributed by atoms with E-state index in [4.69, 9.17) is 0 Å². The summed E-state index contributed by atoms with van der Waals surface area (Å²) in [5, 5.41) is 0. The van der Waals surface area contributed by atoms with Gasteiger partial charge in [-0.1, -0.05) is 60.7 Å². The molecule has 0 nitrogen and oxygen atoms in total. The summed E-state index contributed by atoms with van der Waals surface area (Å²) in [7, 11) is 0. The van der Waals surface area contributed by atoms with Gasteiger partial charge in [-0.05, 0) is 46.2 Å². The summed E-state index contributed by atoms with van der Waals surface area (Å²) in [6, 6.07) is 21.0. The van der Waals surface area contributed by atoms with E-state index in [1.54, 1.807) is 0 Å². The molecule has 2 aromatic carbocycles. The van der Waals surface area contributed by atoms with Gasteiger partial charge in [0.05, 0.1) is 0 Å². The molecule has 80 valence electrons. The molecule has 0 aromatic heterocycles. The van der Waals surface area contributed by atoms with Crippen LogP contribution >= 0.6 is 22.6 Å². The molecule has 0 aliphatic heterocycles. The van der Waals surface area contributed by atoms with Crippen LogP contribution in [0, 0.1) is 0 Å². The van der Waals surface area contributed by atoms with Crippen LogP contribution in [0.3, 0.4) is 0 Å². The molecule has 0 spiro atoms. The SMILES string of the molecule is C/C(=C(/I)c1ccccc1)c1ccccc1. The number of benzene rings is 2. The third kappa shape index (κ3) is 2.53. The molecule has 0 fully saturated rings. The highest BCUT2D eigenvalue weighted by atomic mass is 127. The number of halogens is 1. The highest BCUT2D eigenvalue weighted by Crippen LogP contribution is 2.30. The maximum absolute atomic E-state index is 2.42. The van der Waals surface area contributed by atoms with Crippen LogP contribution in [0.4, 0.5) is 0 Å². The summed E-state index contributed by atoms with van der Waals surface area (Å²) in [5.74, 6) is 0. The molecule has 1 heteroatoms. The number of allylic oxidation sites excluding steroid dienone is 1. The molecule has 0 N–H and O–H groups in total. The van der Waals surface area contributed by atoms with E-state index in [0.29, 0.717) is 0 Å². The molecule has 0 aliphatic carbocycles. The first-order valence-electron chi connectivity index (χ1n) is 5.26. The molecule has 0 atom stereocenters. The minimum absolute atomic E-state index is 1.28. The smallest absolute Gasteiger partial charge is 0.0237 e. The van der Waals surface area contributed by atoms with Gasteiger partial charge in [0.1, 0.15) is 0 Å². The Bertz CT molecular complexity index is 436. The Labute approximate surface area is 110 Å². The van der Waals surface area contributed by atoms with Gasteiger partial charge >= 0.3 is 0 Å². The lowest BCUT2D eigenvalue weighted by Crippen LogP contribution is -1.83. The fraction of sp³-hybridized carbons (Fsp3) is 0.0667. The van der Waals surface area contributed by atoms with Gasteiger partial charge in [-0.2, -0.15) is 0 Å². The lowest BCUT2D eigenvalue weighted by molar-refractivity contribution is 1.57. The summed E-state index contributed by atoms with van der Waals surface area (Å²) in [4.78, 5) is 0. The molecule has 2 aromatic rings. The summed E-state index contributed by atoms with van der Waals surface area (Å²) in [6.45, 7) is 2.17. The molecular formula is C15H13I. The molecule has 16 heavy (non-hydrogen) atoms. The standard InChI is InChI=1S/C15H13I/c1-12(13-8-4-2-5-9-13)15(16)14-10-6-3-7-11-14/h2-11H,1H3/b15-12-. The number of hydrogen-bond donors (Lipinski definition) is 0. The van der Waals surface area contributed by atoms with Crippen molar-refractivity contribution in [3.8, 4) is 0 Å². The third-order valence-corrected chi connectivity index (χ3v) is 4.00. The molecular weight excluding hydrogens is 307 g/mol. The number of hydrogen-bond acceptors (Lipinski definition) is 0. The first-order chi connectivity index (χ1) is 7.79. The van der Waals surface area contributed by atoms with Gasteiger partial charge in [-0.25, -0.2) is 0 Å². The van der Waals surface area contributed by atoms with E-state index in [0.717, 1.165) is 0 Å². The minimum Gasteiger partial charge on any atom is -0.0622 e. The van der Waals surface area contributed by atoms with Gasteiger partial charge in [0.2, 0.25) is 0 Å². The van der Waals surface area contributed by atoms with Crippen molar-refractivity contribution in [3.05, 3.63) is 71.8 Å². The molecule has 0 heterocycles. The summed E-state index contributed by atoms with van der Waals surface area (Å²) < 4.78 is 1.31. The minimum atomic E-state index is 1.28. The van der Waals surface area contributed by atoms with E-state index in [-0.39, 0.29) is 0 Å². The Morgan fingerprint density at radius 2 is 1.19 bits per heavy atom. The fourth-order valence-corrected chi connectivity index (χ4v) is 2.29. The molecule has 0 radical (unpaired) electrons. The Hall–Kier alpha value is -1.09. The Morgan fingerprint density at radius 1 is 0.750 bits per heavy atom. The summed E-state index contributed by atoms with van der Waals surface area (Å²) in [6.07, 6.45) is 0. The maximum atomic E-state index is 2.42. The normalized spacial score (nSPS) is 12.1. The lowest BCUT2D eigenvalue weighted by Gasteiger charge is -2.06. The summed E-state index contributed by atoms with van der Waals surface area (Å²) in [5.41, 5.74) is 3.90. The van der Waals surface area contributed by atoms with Gasteiger partial charge in [0.15, 0.2) is 0 Å². The topological polar surface area (TPSA) is 0 Å². The second kappa shape index (κ2) is 5.30. The molecule has 0 bridgehead atoms. The molecule has 0 saturated heterocycles. The maximum Gasteiger partial charge on any atom is 0.0237 e. The van der Waals surface area contributed by atoms with Crippen molar-refractivity contribution in [3.63, 3.8) is 0 Å². The van der Waals surface area contributed by atoms with Crippen LogP contribution in [0.2, 0.25) is 0 Å². The first-order valence-corrected chi connectivity index (χ1v) is 6.34. The zero-order valence-electron chi connectivity index (χ0n) is 9.15. The second-order valence-electron chi connectivity index (χ2n) is 3.67. The van der Waals surface area contributed by atoms with E-state index >= 15 is 0 Å². The zero-order chi connectivity index (χ0) is 11.4. The van der Waals surface area contributed by atoms with Crippen LogP contribution < -0.4 is 0 Å². The number of rotatable bonds is 2. The molecule has 0 aliphatic rings. The quantitative estimate of drug-likeness (QED) is 0.539. The molecule has 2 rings (SSSR count). The van der Waals surface area contributed by atoms with Crippen molar-refractivity contribution in [1.82, 2.24) is 0 Å². The van der Waals surface area contributed by atoms with Crippen LogP contribution in [-0.4, -0.2) is 0 Å². The predicted molar refractivity (Wildman–Crippen MR) is 79.4 cm³/mol. The summed E-state index contributed by atoms with van der Waals surface area (Å²) >= 11 is 2.42. The lowest BCUT2D eigenvalue weighted by atomic mass is 10.0. The average Bonchev–Trinajstić information content (AvgIpc) is 2.39. The monoisotopic (exact) mass is 320 g/mol. The van der Waals surface area contributed by atoms with E-state index in [2.05, 4.69) is 78.0 Å².